The normalized spacial score (nSPS) is 15.1. The molecule has 132 valence electrons. The molecule has 1 aromatic heterocycles. The highest BCUT2D eigenvalue weighted by Gasteiger charge is 2.51. The summed E-state index contributed by atoms with van der Waals surface area (Å²) in [6, 6.07) is 27.7. The van der Waals surface area contributed by atoms with Gasteiger partial charge in [-0.25, -0.2) is 0 Å². The Morgan fingerprint density at radius 1 is 0.643 bits per heavy atom. The number of ether oxygens (including phenoxy) is 1. The summed E-state index contributed by atoms with van der Waals surface area (Å²) in [4.78, 5) is 18.1. The van der Waals surface area contributed by atoms with Crippen LogP contribution in [0.2, 0.25) is 0 Å². The molecule has 0 radical (unpaired) electrons. The average molecular weight is 361 g/mol. The zero-order valence-corrected chi connectivity index (χ0v) is 14.9. The average Bonchev–Trinajstić information content (AvgIpc) is 2.77. The first kappa shape index (κ1) is 15.3. The van der Waals surface area contributed by atoms with Gasteiger partial charge < -0.3 is 4.74 Å². The molecule has 4 aromatic rings. The van der Waals surface area contributed by atoms with Gasteiger partial charge >= 0.3 is 0 Å². The van der Waals surface area contributed by atoms with E-state index in [1.807, 2.05) is 72.8 Å². The van der Waals surface area contributed by atoms with Gasteiger partial charge in [0, 0.05) is 28.5 Å². The lowest BCUT2D eigenvalue weighted by Gasteiger charge is -2.43. The van der Waals surface area contributed by atoms with Gasteiger partial charge in [-0.2, -0.15) is 0 Å². The SMILES string of the molecule is O=C1c2ccccc2C2(c3ccccc3Oc3ccccc32)c2ncccc21. The molecule has 0 N–H and O–H groups in total. The van der Waals surface area contributed by atoms with E-state index in [9.17, 15) is 4.79 Å². The molecule has 28 heavy (non-hydrogen) atoms. The molecule has 3 aromatic carbocycles. The highest BCUT2D eigenvalue weighted by Crippen LogP contribution is 2.57. The van der Waals surface area contributed by atoms with E-state index >= 15 is 0 Å². The maximum absolute atomic E-state index is 13.3. The molecule has 1 aliphatic heterocycles. The second-order valence-corrected chi connectivity index (χ2v) is 7.12. The number of nitrogens with zero attached hydrogens (tertiary/aromatic N) is 1. The molecule has 0 atom stereocenters. The minimum Gasteiger partial charge on any atom is -0.457 e. The zero-order valence-electron chi connectivity index (χ0n) is 14.9. The van der Waals surface area contributed by atoms with Crippen molar-refractivity contribution in [2.45, 2.75) is 5.41 Å². The van der Waals surface area contributed by atoms with Gasteiger partial charge in [0.05, 0.1) is 11.1 Å². The van der Waals surface area contributed by atoms with Crippen LogP contribution in [-0.4, -0.2) is 10.8 Å². The molecule has 0 saturated carbocycles. The van der Waals surface area contributed by atoms with Crippen LogP contribution in [-0.2, 0) is 5.41 Å². The quantitative estimate of drug-likeness (QED) is 0.377. The van der Waals surface area contributed by atoms with Crippen molar-refractivity contribution < 1.29 is 9.53 Å². The summed E-state index contributed by atoms with van der Waals surface area (Å²) < 4.78 is 6.25. The second-order valence-electron chi connectivity index (χ2n) is 7.12. The van der Waals surface area contributed by atoms with Crippen LogP contribution in [0.25, 0.3) is 0 Å². The lowest BCUT2D eigenvalue weighted by Crippen LogP contribution is -2.40. The summed E-state index contributed by atoms with van der Waals surface area (Å²) in [5, 5.41) is 0. The van der Waals surface area contributed by atoms with Gasteiger partial charge in [-0.05, 0) is 29.8 Å². The number of benzene rings is 3. The molecule has 0 unspecified atom stereocenters. The highest BCUT2D eigenvalue weighted by atomic mass is 16.5. The summed E-state index contributed by atoms with van der Waals surface area (Å²) in [5.41, 5.74) is 4.41. The Morgan fingerprint density at radius 2 is 1.21 bits per heavy atom. The third-order valence-electron chi connectivity index (χ3n) is 5.79. The van der Waals surface area contributed by atoms with Crippen LogP contribution in [0.3, 0.4) is 0 Å². The lowest BCUT2D eigenvalue weighted by atomic mass is 9.60. The molecule has 2 aliphatic rings. The van der Waals surface area contributed by atoms with Crippen LogP contribution < -0.4 is 4.74 Å². The molecular weight excluding hydrogens is 346 g/mol. The van der Waals surface area contributed by atoms with Crippen molar-refractivity contribution in [3.8, 4) is 11.5 Å². The number of carbonyl (C=O) groups is 1. The minimum absolute atomic E-state index is 0.0192. The number of fused-ring (bicyclic) bond motifs is 8. The molecule has 0 fully saturated rings. The van der Waals surface area contributed by atoms with Crippen molar-refractivity contribution in [1.29, 1.82) is 0 Å². The fraction of sp³-hybridized carbons (Fsp3) is 0.0400. The van der Waals surface area contributed by atoms with Crippen molar-refractivity contribution >= 4 is 5.78 Å². The van der Waals surface area contributed by atoms with Crippen LogP contribution in [0.15, 0.2) is 91.1 Å². The fourth-order valence-corrected chi connectivity index (χ4v) is 4.71. The molecule has 1 spiro atoms. The van der Waals surface area contributed by atoms with Crippen molar-refractivity contribution in [2.24, 2.45) is 0 Å². The first-order valence-corrected chi connectivity index (χ1v) is 9.28. The van der Waals surface area contributed by atoms with Crippen molar-refractivity contribution in [2.75, 3.05) is 0 Å². The Hall–Kier alpha value is -3.72. The van der Waals surface area contributed by atoms with Crippen LogP contribution in [0, 0.1) is 0 Å². The van der Waals surface area contributed by atoms with E-state index in [1.165, 1.54) is 0 Å². The molecule has 0 saturated heterocycles. The van der Waals surface area contributed by atoms with Gasteiger partial charge in [-0.15, -0.1) is 0 Å². The predicted molar refractivity (Wildman–Crippen MR) is 106 cm³/mol. The Kier molecular flexibility index (Phi) is 2.96. The Morgan fingerprint density at radius 3 is 1.93 bits per heavy atom. The summed E-state index contributed by atoms with van der Waals surface area (Å²) in [6.45, 7) is 0. The zero-order chi connectivity index (χ0) is 18.7. The van der Waals surface area contributed by atoms with Crippen molar-refractivity contribution in [3.05, 3.63) is 125 Å². The van der Waals surface area contributed by atoms with Gasteiger partial charge in [0.15, 0.2) is 5.78 Å². The maximum Gasteiger partial charge on any atom is 0.195 e. The largest absolute Gasteiger partial charge is 0.457 e. The van der Waals surface area contributed by atoms with Gasteiger partial charge in [0.25, 0.3) is 0 Å². The van der Waals surface area contributed by atoms with Crippen molar-refractivity contribution in [3.63, 3.8) is 0 Å². The fourth-order valence-electron chi connectivity index (χ4n) is 4.71. The van der Waals surface area contributed by atoms with Gasteiger partial charge in [0.1, 0.15) is 11.5 Å². The predicted octanol–water partition coefficient (Wildman–Crippen LogP) is 5.11. The number of carbonyl (C=O) groups excluding carboxylic acids is 1. The Bertz CT molecular complexity index is 1180. The van der Waals surface area contributed by atoms with Crippen LogP contribution in [0.1, 0.15) is 38.3 Å². The third-order valence-corrected chi connectivity index (χ3v) is 5.79. The van der Waals surface area contributed by atoms with E-state index in [1.54, 1.807) is 6.20 Å². The summed E-state index contributed by atoms with van der Waals surface area (Å²) in [7, 11) is 0. The summed E-state index contributed by atoms with van der Waals surface area (Å²) >= 11 is 0. The molecule has 0 amide bonds. The summed E-state index contributed by atoms with van der Waals surface area (Å²) in [5.74, 6) is 1.61. The first-order valence-electron chi connectivity index (χ1n) is 9.28. The summed E-state index contributed by atoms with van der Waals surface area (Å²) in [6.07, 6.45) is 1.77. The smallest absolute Gasteiger partial charge is 0.195 e. The lowest BCUT2D eigenvalue weighted by molar-refractivity contribution is 0.103. The first-order chi connectivity index (χ1) is 13.8. The van der Waals surface area contributed by atoms with Gasteiger partial charge in [-0.3, -0.25) is 9.78 Å². The van der Waals surface area contributed by atoms with Crippen molar-refractivity contribution in [1.82, 2.24) is 4.98 Å². The number of aromatic nitrogens is 1. The molecule has 3 heteroatoms. The van der Waals surface area contributed by atoms with Crippen LogP contribution in [0.4, 0.5) is 0 Å². The van der Waals surface area contributed by atoms with E-state index in [4.69, 9.17) is 9.72 Å². The van der Waals surface area contributed by atoms with Gasteiger partial charge in [0.2, 0.25) is 0 Å². The van der Waals surface area contributed by atoms with E-state index < -0.39 is 5.41 Å². The standard InChI is InChI=1S/C25H15NO2/c27-23-16-8-1-2-10-18(16)25(24-17(23)9-7-15-26-24)19-11-3-5-13-21(19)28-22-14-6-4-12-20(22)25/h1-15H. The number of hydrogen-bond acceptors (Lipinski definition) is 3. The number of hydrogen-bond donors (Lipinski definition) is 0. The molecule has 1 aliphatic carbocycles. The second kappa shape index (κ2) is 5.40. The molecule has 3 nitrogen and oxygen atoms in total. The molecule has 0 bridgehead atoms. The van der Waals surface area contributed by atoms with E-state index in [2.05, 4.69) is 12.1 Å². The van der Waals surface area contributed by atoms with E-state index in [0.717, 1.165) is 39.4 Å². The topological polar surface area (TPSA) is 39.2 Å². The maximum atomic E-state index is 13.3. The molecular formula is C25H15NO2. The highest BCUT2D eigenvalue weighted by molar-refractivity contribution is 6.13. The number of para-hydroxylation sites is 2. The monoisotopic (exact) mass is 361 g/mol. The number of pyridine rings is 1. The van der Waals surface area contributed by atoms with E-state index in [-0.39, 0.29) is 5.78 Å². The van der Waals surface area contributed by atoms with Crippen LogP contribution in [0.5, 0.6) is 11.5 Å². The van der Waals surface area contributed by atoms with E-state index in [0.29, 0.717) is 5.56 Å². The van der Waals surface area contributed by atoms with Crippen LogP contribution >= 0.6 is 0 Å². The Labute approximate surface area is 162 Å². The minimum atomic E-state index is -0.688. The third kappa shape index (κ3) is 1.73. The number of ketones is 1. The molecule has 2 heterocycles. The number of rotatable bonds is 0. The Balaban J connectivity index is 1.88. The van der Waals surface area contributed by atoms with Gasteiger partial charge in [-0.1, -0.05) is 60.7 Å². The molecule has 6 rings (SSSR count).